The zero-order valence-electron chi connectivity index (χ0n) is 12.5. The quantitative estimate of drug-likeness (QED) is 0.828. The molecule has 0 bridgehead atoms. The van der Waals surface area contributed by atoms with Crippen molar-refractivity contribution < 1.29 is 9.53 Å². The van der Waals surface area contributed by atoms with Crippen molar-refractivity contribution in [1.82, 2.24) is 9.55 Å². The molecule has 0 fully saturated rings. The van der Waals surface area contributed by atoms with Gasteiger partial charge in [-0.15, -0.1) is 0 Å². The average molecular weight is 287 g/mol. The zero-order valence-corrected chi connectivity index (χ0v) is 12.5. The topological polar surface area (TPSA) is 70.1 Å². The van der Waals surface area contributed by atoms with E-state index in [1.54, 1.807) is 6.92 Å². The Balaban J connectivity index is 2.20. The Bertz CT molecular complexity index is 605. The van der Waals surface area contributed by atoms with Gasteiger partial charge in [-0.25, -0.2) is 9.78 Å². The summed E-state index contributed by atoms with van der Waals surface area (Å²) in [5.74, 6) is 0.746. The number of nitrogens with two attached hydrogens (primary N) is 1. The van der Waals surface area contributed by atoms with Crippen LogP contribution in [0, 0.1) is 0 Å². The Hall–Kier alpha value is -2.30. The summed E-state index contributed by atoms with van der Waals surface area (Å²) in [4.78, 5) is 16.2. The van der Waals surface area contributed by atoms with E-state index in [0.717, 1.165) is 18.7 Å². The van der Waals surface area contributed by atoms with Crippen LogP contribution in [0.25, 0.3) is 0 Å². The molecule has 0 radical (unpaired) electrons. The number of carbonyl (C=O) groups excluding carboxylic acids is 1. The van der Waals surface area contributed by atoms with E-state index in [9.17, 15) is 4.79 Å². The van der Waals surface area contributed by atoms with Crippen LogP contribution in [0.15, 0.2) is 30.3 Å². The predicted molar refractivity (Wildman–Crippen MR) is 82.1 cm³/mol. The minimum absolute atomic E-state index is 0.224. The van der Waals surface area contributed by atoms with Crippen molar-refractivity contribution in [3.8, 4) is 0 Å². The Kier molecular flexibility index (Phi) is 4.98. The predicted octanol–water partition coefficient (Wildman–Crippen LogP) is 2.45. The fourth-order valence-corrected chi connectivity index (χ4v) is 2.27. The largest absolute Gasteiger partial charge is 0.461 e. The fraction of sp³-hybridized carbons (Fsp3) is 0.375. The van der Waals surface area contributed by atoms with Gasteiger partial charge in [0.05, 0.1) is 6.61 Å². The van der Waals surface area contributed by atoms with Gasteiger partial charge in [0.2, 0.25) is 0 Å². The number of hydrogen-bond donors (Lipinski definition) is 1. The molecule has 0 aliphatic carbocycles. The van der Waals surface area contributed by atoms with Crippen LogP contribution in [-0.2, 0) is 24.1 Å². The second kappa shape index (κ2) is 6.92. The van der Waals surface area contributed by atoms with E-state index in [4.69, 9.17) is 10.5 Å². The van der Waals surface area contributed by atoms with E-state index in [1.807, 2.05) is 29.7 Å². The molecule has 0 spiro atoms. The SMILES string of the molecule is CCOC(=O)c1nc(CC)n(CCc2ccccc2)c1N. The number of aromatic nitrogens is 2. The molecular weight excluding hydrogens is 266 g/mol. The minimum atomic E-state index is -0.455. The number of nitrogen functional groups attached to an aromatic ring is 1. The number of esters is 1. The normalized spacial score (nSPS) is 10.6. The van der Waals surface area contributed by atoms with Crippen LogP contribution in [0.1, 0.15) is 35.7 Å². The van der Waals surface area contributed by atoms with E-state index < -0.39 is 5.97 Å². The van der Waals surface area contributed by atoms with Crippen LogP contribution in [0.5, 0.6) is 0 Å². The Morgan fingerprint density at radius 3 is 2.62 bits per heavy atom. The maximum atomic E-state index is 11.8. The van der Waals surface area contributed by atoms with E-state index >= 15 is 0 Å². The smallest absolute Gasteiger partial charge is 0.360 e. The van der Waals surface area contributed by atoms with Gasteiger partial charge in [-0.05, 0) is 18.9 Å². The number of carbonyl (C=O) groups is 1. The van der Waals surface area contributed by atoms with Gasteiger partial charge in [0.1, 0.15) is 11.6 Å². The molecule has 5 nitrogen and oxygen atoms in total. The van der Waals surface area contributed by atoms with Gasteiger partial charge < -0.3 is 15.0 Å². The Morgan fingerprint density at radius 2 is 2.00 bits per heavy atom. The molecule has 21 heavy (non-hydrogen) atoms. The zero-order chi connectivity index (χ0) is 15.2. The van der Waals surface area contributed by atoms with Gasteiger partial charge in [0.15, 0.2) is 5.69 Å². The summed E-state index contributed by atoms with van der Waals surface area (Å²) in [6, 6.07) is 10.2. The van der Waals surface area contributed by atoms with Gasteiger partial charge in [-0.3, -0.25) is 0 Å². The molecule has 112 valence electrons. The maximum Gasteiger partial charge on any atom is 0.360 e. The van der Waals surface area contributed by atoms with Crippen LogP contribution >= 0.6 is 0 Å². The highest BCUT2D eigenvalue weighted by molar-refractivity contribution is 5.92. The van der Waals surface area contributed by atoms with Crippen LogP contribution < -0.4 is 5.73 Å². The molecule has 1 aromatic carbocycles. The van der Waals surface area contributed by atoms with Crippen LogP contribution in [0.4, 0.5) is 5.82 Å². The van der Waals surface area contributed by atoms with Crippen molar-refractivity contribution in [3.05, 3.63) is 47.4 Å². The van der Waals surface area contributed by atoms with Gasteiger partial charge in [0.25, 0.3) is 0 Å². The van der Waals surface area contributed by atoms with Crippen molar-refractivity contribution in [2.75, 3.05) is 12.3 Å². The summed E-state index contributed by atoms with van der Waals surface area (Å²) in [6.45, 7) is 4.78. The van der Waals surface area contributed by atoms with E-state index in [1.165, 1.54) is 5.56 Å². The van der Waals surface area contributed by atoms with Crippen LogP contribution in [0.2, 0.25) is 0 Å². The summed E-state index contributed by atoms with van der Waals surface area (Å²) in [5.41, 5.74) is 7.53. The highest BCUT2D eigenvalue weighted by atomic mass is 16.5. The molecule has 0 atom stereocenters. The molecule has 2 aromatic rings. The lowest BCUT2D eigenvalue weighted by molar-refractivity contribution is 0.0521. The molecule has 1 aromatic heterocycles. The number of benzene rings is 1. The van der Waals surface area contributed by atoms with Gasteiger partial charge in [0, 0.05) is 13.0 Å². The third-order valence-corrected chi connectivity index (χ3v) is 3.34. The van der Waals surface area contributed by atoms with E-state index in [2.05, 4.69) is 17.1 Å². The number of nitrogens with zero attached hydrogens (tertiary/aromatic N) is 2. The molecule has 2 N–H and O–H groups in total. The van der Waals surface area contributed by atoms with Gasteiger partial charge in [-0.2, -0.15) is 0 Å². The summed E-state index contributed by atoms with van der Waals surface area (Å²) < 4.78 is 6.89. The summed E-state index contributed by atoms with van der Waals surface area (Å²) in [6.07, 6.45) is 1.56. The third-order valence-electron chi connectivity index (χ3n) is 3.34. The van der Waals surface area contributed by atoms with E-state index in [0.29, 0.717) is 19.0 Å². The molecule has 0 aliphatic heterocycles. The molecule has 0 saturated heterocycles. The van der Waals surface area contributed by atoms with Gasteiger partial charge >= 0.3 is 5.97 Å². The van der Waals surface area contributed by atoms with Crippen molar-refractivity contribution >= 4 is 11.8 Å². The molecular formula is C16H21N3O2. The second-order valence-electron chi connectivity index (χ2n) is 4.72. The van der Waals surface area contributed by atoms with Gasteiger partial charge in [-0.1, -0.05) is 37.3 Å². The highest BCUT2D eigenvalue weighted by Gasteiger charge is 2.20. The van der Waals surface area contributed by atoms with E-state index in [-0.39, 0.29) is 5.69 Å². The minimum Gasteiger partial charge on any atom is -0.461 e. The van der Waals surface area contributed by atoms with Crippen molar-refractivity contribution in [1.29, 1.82) is 0 Å². The van der Waals surface area contributed by atoms with Crippen molar-refractivity contribution in [2.45, 2.75) is 33.2 Å². The lowest BCUT2D eigenvalue weighted by Crippen LogP contribution is -2.11. The summed E-state index contributed by atoms with van der Waals surface area (Å²) >= 11 is 0. The molecule has 0 unspecified atom stereocenters. The molecule has 2 rings (SSSR count). The monoisotopic (exact) mass is 287 g/mol. The highest BCUT2D eigenvalue weighted by Crippen LogP contribution is 2.17. The first-order chi connectivity index (χ1) is 10.2. The fourth-order valence-electron chi connectivity index (χ4n) is 2.27. The first-order valence-corrected chi connectivity index (χ1v) is 7.23. The maximum absolute atomic E-state index is 11.8. The molecule has 1 heterocycles. The molecule has 0 amide bonds. The summed E-state index contributed by atoms with van der Waals surface area (Å²) in [5, 5.41) is 0. The lowest BCUT2D eigenvalue weighted by atomic mass is 10.1. The number of aryl methyl sites for hydroxylation is 2. The first kappa shape index (κ1) is 15.1. The number of hydrogen-bond acceptors (Lipinski definition) is 4. The lowest BCUT2D eigenvalue weighted by Gasteiger charge is -2.09. The molecule has 0 aliphatic rings. The number of anilines is 1. The number of ether oxygens (including phenoxy) is 1. The third kappa shape index (κ3) is 3.42. The number of imidazole rings is 1. The standard InChI is InChI=1S/C16H21N3O2/c1-3-13-18-14(16(20)21-4-2)15(17)19(13)11-10-12-8-6-5-7-9-12/h5-9H,3-4,10-11,17H2,1-2H3. The molecule has 0 saturated carbocycles. The van der Waals surface area contributed by atoms with Crippen LogP contribution in [0.3, 0.4) is 0 Å². The second-order valence-corrected chi connectivity index (χ2v) is 4.72. The Morgan fingerprint density at radius 1 is 1.29 bits per heavy atom. The first-order valence-electron chi connectivity index (χ1n) is 7.23. The van der Waals surface area contributed by atoms with Crippen molar-refractivity contribution in [3.63, 3.8) is 0 Å². The average Bonchev–Trinajstić information content (AvgIpc) is 2.83. The number of rotatable bonds is 6. The van der Waals surface area contributed by atoms with Crippen molar-refractivity contribution in [2.24, 2.45) is 0 Å². The molecule has 5 heteroatoms. The van der Waals surface area contributed by atoms with Crippen LogP contribution in [-0.4, -0.2) is 22.1 Å². The Labute approximate surface area is 124 Å². The summed E-state index contributed by atoms with van der Waals surface area (Å²) in [7, 11) is 0.